The summed E-state index contributed by atoms with van der Waals surface area (Å²) in [4.78, 5) is 21.9. The van der Waals surface area contributed by atoms with Crippen LogP contribution >= 0.6 is 15.9 Å². The molecule has 10 heteroatoms. The smallest absolute Gasteiger partial charge is 0.277 e. The van der Waals surface area contributed by atoms with Crippen LogP contribution in [-0.2, 0) is 4.79 Å². The van der Waals surface area contributed by atoms with Crippen molar-refractivity contribution in [1.82, 2.24) is 5.43 Å². The number of nitro benzene ring substituents is 1. The average Bonchev–Trinajstić information content (AvgIpc) is 2.55. The zero-order valence-electron chi connectivity index (χ0n) is 13.5. The average molecular weight is 424 g/mol. The van der Waals surface area contributed by atoms with E-state index in [1.807, 2.05) is 0 Å². The third kappa shape index (κ3) is 4.93. The van der Waals surface area contributed by atoms with Gasteiger partial charge in [-0.25, -0.2) is 5.43 Å². The van der Waals surface area contributed by atoms with Crippen LogP contribution in [0.3, 0.4) is 0 Å². The quantitative estimate of drug-likeness (QED) is 0.371. The molecule has 0 aliphatic carbocycles. The van der Waals surface area contributed by atoms with Crippen LogP contribution in [0.4, 0.5) is 5.69 Å². The Balaban J connectivity index is 1.93. The Labute approximate surface area is 156 Å². The minimum Gasteiger partial charge on any atom is -0.508 e. The molecule has 9 nitrogen and oxygen atoms in total. The number of halogens is 1. The molecule has 2 aromatic carbocycles. The molecule has 0 fully saturated rings. The number of nitro groups is 1. The number of non-ortho nitro benzene ring substituents is 1. The van der Waals surface area contributed by atoms with Gasteiger partial charge in [0.05, 0.1) is 15.6 Å². The number of hydrogen-bond acceptors (Lipinski definition) is 7. The van der Waals surface area contributed by atoms with Gasteiger partial charge >= 0.3 is 0 Å². The Morgan fingerprint density at radius 2 is 2.12 bits per heavy atom. The van der Waals surface area contributed by atoms with Crippen molar-refractivity contribution in [3.63, 3.8) is 0 Å². The van der Waals surface area contributed by atoms with E-state index < -0.39 is 10.8 Å². The molecule has 0 saturated heterocycles. The highest BCUT2D eigenvalue weighted by atomic mass is 79.9. The van der Waals surface area contributed by atoms with E-state index >= 15 is 0 Å². The Bertz CT molecular complexity index is 861. The molecule has 0 bridgehead atoms. The van der Waals surface area contributed by atoms with Crippen molar-refractivity contribution in [2.24, 2.45) is 5.10 Å². The van der Waals surface area contributed by atoms with Crippen molar-refractivity contribution in [2.45, 2.75) is 6.92 Å². The van der Waals surface area contributed by atoms with E-state index in [2.05, 4.69) is 26.5 Å². The van der Waals surface area contributed by atoms with E-state index in [0.29, 0.717) is 15.6 Å². The molecule has 0 saturated carbocycles. The molecule has 26 heavy (non-hydrogen) atoms. The number of carbonyl (C=O) groups excluding carboxylic acids is 1. The summed E-state index contributed by atoms with van der Waals surface area (Å²) < 4.78 is 5.60. The topological polar surface area (TPSA) is 134 Å². The third-order valence-corrected chi connectivity index (χ3v) is 3.84. The number of ether oxygens (including phenoxy) is 1. The Hall–Kier alpha value is -3.14. The zero-order chi connectivity index (χ0) is 19.3. The first-order valence-corrected chi connectivity index (χ1v) is 7.98. The lowest BCUT2D eigenvalue weighted by Gasteiger charge is -2.07. The minimum absolute atomic E-state index is 0.0803. The number of hydrogen-bond donors (Lipinski definition) is 3. The molecule has 136 valence electrons. The maximum Gasteiger partial charge on any atom is 0.277 e. The first-order chi connectivity index (χ1) is 12.3. The lowest BCUT2D eigenvalue weighted by molar-refractivity contribution is -0.384. The van der Waals surface area contributed by atoms with E-state index in [0.717, 1.165) is 6.07 Å². The van der Waals surface area contributed by atoms with E-state index in [-0.39, 0.29) is 29.5 Å². The fraction of sp³-hybridized carbons (Fsp3) is 0.125. The fourth-order valence-corrected chi connectivity index (χ4v) is 2.47. The monoisotopic (exact) mass is 423 g/mol. The number of phenolic OH excluding ortho intramolecular Hbond substituents is 2. The Morgan fingerprint density at radius 1 is 1.38 bits per heavy atom. The molecule has 0 heterocycles. The summed E-state index contributed by atoms with van der Waals surface area (Å²) in [5.74, 6) is -0.556. The van der Waals surface area contributed by atoms with Gasteiger partial charge in [-0.05, 0) is 40.5 Å². The zero-order valence-corrected chi connectivity index (χ0v) is 15.1. The van der Waals surface area contributed by atoms with Crippen LogP contribution in [0.1, 0.15) is 11.1 Å². The largest absolute Gasteiger partial charge is 0.508 e. The SMILES string of the molecule is Cc1cc(O)cc(O)c1C=NNC(=O)COc1ccc([N+](=O)[O-])cc1Br. The molecule has 0 spiro atoms. The summed E-state index contributed by atoms with van der Waals surface area (Å²) in [5, 5.41) is 33.5. The normalized spacial score (nSPS) is 10.7. The van der Waals surface area contributed by atoms with Crippen molar-refractivity contribution in [3.8, 4) is 17.2 Å². The van der Waals surface area contributed by atoms with Gasteiger partial charge in [-0.2, -0.15) is 5.10 Å². The van der Waals surface area contributed by atoms with E-state index in [4.69, 9.17) is 4.74 Å². The molecule has 0 aromatic heterocycles. The lowest BCUT2D eigenvalue weighted by Crippen LogP contribution is -2.24. The van der Waals surface area contributed by atoms with Gasteiger partial charge in [0.25, 0.3) is 11.6 Å². The van der Waals surface area contributed by atoms with Crippen LogP contribution in [0.25, 0.3) is 0 Å². The van der Waals surface area contributed by atoms with Gasteiger partial charge in [0.1, 0.15) is 17.2 Å². The Kier molecular flexibility index (Phi) is 6.12. The van der Waals surface area contributed by atoms with Gasteiger partial charge in [0.2, 0.25) is 0 Å². The molecule has 2 aromatic rings. The van der Waals surface area contributed by atoms with Gasteiger partial charge in [0, 0.05) is 23.8 Å². The summed E-state index contributed by atoms with van der Waals surface area (Å²) in [7, 11) is 0. The van der Waals surface area contributed by atoms with E-state index in [9.17, 15) is 25.1 Å². The maximum absolute atomic E-state index is 11.7. The van der Waals surface area contributed by atoms with Crippen LogP contribution in [0, 0.1) is 17.0 Å². The summed E-state index contributed by atoms with van der Waals surface area (Å²) in [6.07, 6.45) is 1.24. The maximum atomic E-state index is 11.7. The molecule has 2 rings (SSSR count). The number of hydrazone groups is 1. The van der Waals surface area contributed by atoms with Crippen LogP contribution in [-0.4, -0.2) is 33.9 Å². The molecular formula is C16H14BrN3O6. The predicted octanol–water partition coefficient (Wildman–Crippen LogP) is 2.61. The second-order valence-electron chi connectivity index (χ2n) is 5.15. The number of amides is 1. The number of nitrogens with one attached hydrogen (secondary N) is 1. The van der Waals surface area contributed by atoms with Crippen LogP contribution < -0.4 is 10.2 Å². The number of aryl methyl sites for hydroxylation is 1. The van der Waals surface area contributed by atoms with Gasteiger partial charge in [-0.3, -0.25) is 14.9 Å². The molecule has 0 radical (unpaired) electrons. The van der Waals surface area contributed by atoms with Crippen molar-refractivity contribution < 1.29 is 24.7 Å². The van der Waals surface area contributed by atoms with Crippen LogP contribution in [0.2, 0.25) is 0 Å². The van der Waals surface area contributed by atoms with Crippen molar-refractivity contribution in [2.75, 3.05) is 6.61 Å². The second-order valence-corrected chi connectivity index (χ2v) is 6.00. The number of benzene rings is 2. The summed E-state index contributed by atoms with van der Waals surface area (Å²) in [5.41, 5.74) is 3.04. The van der Waals surface area contributed by atoms with Crippen molar-refractivity contribution in [1.29, 1.82) is 0 Å². The molecule has 0 aliphatic rings. The minimum atomic E-state index is -0.567. The number of aromatic hydroxyl groups is 2. The predicted molar refractivity (Wildman–Crippen MR) is 96.5 cm³/mol. The Morgan fingerprint density at radius 3 is 2.73 bits per heavy atom. The molecule has 0 atom stereocenters. The van der Waals surface area contributed by atoms with Crippen LogP contribution in [0.15, 0.2) is 39.9 Å². The van der Waals surface area contributed by atoms with Gasteiger partial charge in [-0.1, -0.05) is 0 Å². The summed E-state index contributed by atoms with van der Waals surface area (Å²) in [6.45, 7) is 1.30. The summed E-state index contributed by atoms with van der Waals surface area (Å²) in [6, 6.07) is 6.49. The standard InChI is InChI=1S/C16H14BrN3O6/c1-9-4-11(21)6-14(22)12(9)7-18-19-16(23)8-26-15-3-2-10(20(24)25)5-13(15)17/h2-7,21-22H,8H2,1H3,(H,19,23). The number of carbonyl (C=O) groups is 1. The molecule has 1 amide bonds. The van der Waals surface area contributed by atoms with Crippen molar-refractivity contribution >= 4 is 33.7 Å². The second kappa shape index (κ2) is 8.30. The number of rotatable bonds is 6. The molecule has 0 unspecified atom stereocenters. The molecule has 0 aliphatic heterocycles. The lowest BCUT2D eigenvalue weighted by atomic mass is 10.1. The van der Waals surface area contributed by atoms with Gasteiger partial charge in [-0.15, -0.1) is 0 Å². The van der Waals surface area contributed by atoms with Gasteiger partial charge < -0.3 is 14.9 Å². The van der Waals surface area contributed by atoms with Crippen molar-refractivity contribution in [3.05, 3.63) is 56.0 Å². The third-order valence-electron chi connectivity index (χ3n) is 3.22. The first kappa shape index (κ1) is 19.2. The molecular weight excluding hydrogens is 410 g/mol. The summed E-state index contributed by atoms with van der Waals surface area (Å²) >= 11 is 3.13. The number of nitrogens with zero attached hydrogens (tertiary/aromatic N) is 2. The highest BCUT2D eigenvalue weighted by Crippen LogP contribution is 2.29. The number of phenols is 2. The highest BCUT2D eigenvalue weighted by Gasteiger charge is 2.11. The van der Waals surface area contributed by atoms with E-state index in [1.165, 1.54) is 30.5 Å². The van der Waals surface area contributed by atoms with Gasteiger partial charge in [0.15, 0.2) is 6.61 Å². The fourth-order valence-electron chi connectivity index (χ4n) is 1.99. The first-order valence-electron chi connectivity index (χ1n) is 7.19. The highest BCUT2D eigenvalue weighted by molar-refractivity contribution is 9.10. The molecule has 3 N–H and O–H groups in total. The van der Waals surface area contributed by atoms with Crippen LogP contribution in [0.5, 0.6) is 17.2 Å². The van der Waals surface area contributed by atoms with E-state index in [1.54, 1.807) is 6.92 Å².